The number of fused-ring (bicyclic) bond motifs is 2. The lowest BCUT2D eigenvalue weighted by molar-refractivity contribution is 0.0926. The van der Waals surface area contributed by atoms with Gasteiger partial charge in [0, 0.05) is 13.1 Å². The van der Waals surface area contributed by atoms with Crippen molar-refractivity contribution in [3.63, 3.8) is 0 Å². The molecule has 0 radical (unpaired) electrons. The van der Waals surface area contributed by atoms with Gasteiger partial charge in [-0.25, -0.2) is 9.69 Å². The van der Waals surface area contributed by atoms with E-state index in [0.29, 0.717) is 29.9 Å². The van der Waals surface area contributed by atoms with Crippen LogP contribution in [0.5, 0.6) is 0 Å². The van der Waals surface area contributed by atoms with E-state index in [1.165, 1.54) is 4.90 Å². The van der Waals surface area contributed by atoms with Gasteiger partial charge in [-0.15, -0.1) is 0 Å². The van der Waals surface area contributed by atoms with Crippen LogP contribution in [0.2, 0.25) is 0 Å². The molecule has 1 aliphatic rings. The van der Waals surface area contributed by atoms with E-state index < -0.39 is 0 Å². The summed E-state index contributed by atoms with van der Waals surface area (Å²) in [5, 5.41) is 0. The number of imide groups is 1. The number of carbonyl (C=O) groups excluding carboxylic acids is 2. The molecule has 0 unspecified atom stereocenters. The van der Waals surface area contributed by atoms with Crippen LogP contribution in [0, 0.1) is 6.92 Å². The minimum Gasteiger partial charge on any atom is -0.292 e. The number of rotatable bonds is 3. The summed E-state index contributed by atoms with van der Waals surface area (Å²) < 4.78 is 3.37. The quantitative estimate of drug-likeness (QED) is 0.683. The monoisotopic (exact) mass is 349 g/mol. The van der Waals surface area contributed by atoms with Gasteiger partial charge in [-0.3, -0.25) is 18.7 Å². The summed E-state index contributed by atoms with van der Waals surface area (Å²) in [7, 11) is 0. The lowest BCUT2D eigenvalue weighted by Crippen LogP contribution is -2.30. The standard InChI is InChI=1S/C20H19N3O3/c1-4-21-16-10-12(3)15(11-17(16)22(5-2)20(21)26)23-18(24)13-8-6-7-9-14(13)19(23)25/h6-11H,4-5H2,1-3H3. The Labute approximate surface area is 150 Å². The largest absolute Gasteiger partial charge is 0.329 e. The highest BCUT2D eigenvalue weighted by Gasteiger charge is 2.37. The van der Waals surface area contributed by atoms with E-state index in [2.05, 4.69) is 0 Å². The molecule has 6 heteroatoms. The van der Waals surface area contributed by atoms with E-state index in [-0.39, 0.29) is 17.5 Å². The van der Waals surface area contributed by atoms with Crippen LogP contribution in [0.3, 0.4) is 0 Å². The molecule has 2 amide bonds. The van der Waals surface area contributed by atoms with Crippen LogP contribution in [0.1, 0.15) is 40.1 Å². The van der Waals surface area contributed by atoms with Crippen molar-refractivity contribution < 1.29 is 9.59 Å². The Balaban J connectivity index is 1.97. The summed E-state index contributed by atoms with van der Waals surface area (Å²) in [6.45, 7) is 6.77. The van der Waals surface area contributed by atoms with E-state index in [1.54, 1.807) is 39.5 Å². The van der Waals surface area contributed by atoms with Crippen molar-refractivity contribution in [1.82, 2.24) is 9.13 Å². The molecule has 3 aromatic rings. The zero-order valence-electron chi connectivity index (χ0n) is 14.9. The zero-order valence-corrected chi connectivity index (χ0v) is 14.9. The van der Waals surface area contributed by atoms with E-state index >= 15 is 0 Å². The average molecular weight is 349 g/mol. The number of anilines is 1. The van der Waals surface area contributed by atoms with Gasteiger partial charge in [-0.05, 0) is 50.6 Å². The number of hydrogen-bond acceptors (Lipinski definition) is 3. The molecular formula is C20H19N3O3. The summed E-state index contributed by atoms with van der Waals surface area (Å²) in [5.74, 6) is -0.651. The van der Waals surface area contributed by atoms with Crippen molar-refractivity contribution in [2.24, 2.45) is 0 Å². The highest BCUT2D eigenvalue weighted by molar-refractivity contribution is 6.34. The van der Waals surface area contributed by atoms with E-state index in [0.717, 1.165) is 16.6 Å². The molecule has 6 nitrogen and oxygen atoms in total. The van der Waals surface area contributed by atoms with Gasteiger partial charge in [-0.1, -0.05) is 12.1 Å². The van der Waals surface area contributed by atoms with E-state index in [9.17, 15) is 14.4 Å². The molecule has 2 heterocycles. The number of nitrogens with zero attached hydrogens (tertiary/aromatic N) is 3. The van der Waals surface area contributed by atoms with Crippen molar-refractivity contribution in [3.8, 4) is 0 Å². The van der Waals surface area contributed by atoms with Gasteiger partial charge in [0.25, 0.3) is 11.8 Å². The molecule has 0 bridgehead atoms. The molecule has 26 heavy (non-hydrogen) atoms. The van der Waals surface area contributed by atoms with Crippen molar-refractivity contribution in [2.45, 2.75) is 33.9 Å². The van der Waals surface area contributed by atoms with Gasteiger partial charge in [-0.2, -0.15) is 0 Å². The van der Waals surface area contributed by atoms with Gasteiger partial charge >= 0.3 is 5.69 Å². The minimum atomic E-state index is -0.326. The molecule has 0 saturated carbocycles. The maximum Gasteiger partial charge on any atom is 0.329 e. The molecule has 2 aromatic carbocycles. The molecule has 0 spiro atoms. The summed E-state index contributed by atoms with van der Waals surface area (Å²) in [6.07, 6.45) is 0. The number of aryl methyl sites for hydroxylation is 3. The van der Waals surface area contributed by atoms with Gasteiger partial charge in [0.1, 0.15) is 0 Å². The van der Waals surface area contributed by atoms with Crippen LogP contribution in [0.15, 0.2) is 41.2 Å². The van der Waals surface area contributed by atoms with Gasteiger partial charge in [0.05, 0.1) is 27.8 Å². The van der Waals surface area contributed by atoms with Crippen LogP contribution >= 0.6 is 0 Å². The SMILES string of the molecule is CCn1c(=O)n(CC)c2cc(N3C(=O)c4ccccc4C3=O)c(C)cc21. The molecule has 0 N–H and O–H groups in total. The number of aromatic nitrogens is 2. The second-order valence-electron chi connectivity index (χ2n) is 6.39. The van der Waals surface area contributed by atoms with E-state index in [1.807, 2.05) is 26.8 Å². The maximum absolute atomic E-state index is 12.8. The second-order valence-corrected chi connectivity index (χ2v) is 6.39. The molecule has 1 aromatic heterocycles. The van der Waals surface area contributed by atoms with Crippen LogP contribution in [-0.4, -0.2) is 20.9 Å². The third-order valence-electron chi connectivity index (χ3n) is 5.00. The zero-order chi connectivity index (χ0) is 18.6. The third-order valence-corrected chi connectivity index (χ3v) is 5.00. The summed E-state index contributed by atoms with van der Waals surface area (Å²) in [6, 6.07) is 10.5. The molecular weight excluding hydrogens is 330 g/mol. The summed E-state index contributed by atoms with van der Waals surface area (Å²) in [5.41, 5.74) is 3.60. The first kappa shape index (κ1) is 16.3. The van der Waals surface area contributed by atoms with E-state index in [4.69, 9.17) is 0 Å². The first-order valence-electron chi connectivity index (χ1n) is 8.71. The Kier molecular flexibility index (Phi) is 3.57. The maximum atomic E-state index is 12.8. The van der Waals surface area contributed by atoms with Crippen LogP contribution in [0.25, 0.3) is 11.0 Å². The number of hydrogen-bond donors (Lipinski definition) is 0. The first-order chi connectivity index (χ1) is 12.5. The van der Waals surface area contributed by atoms with Crippen LogP contribution < -0.4 is 10.6 Å². The molecule has 132 valence electrons. The summed E-state index contributed by atoms with van der Waals surface area (Å²) >= 11 is 0. The molecule has 4 rings (SSSR count). The first-order valence-corrected chi connectivity index (χ1v) is 8.71. The third kappa shape index (κ3) is 2.02. The Morgan fingerprint density at radius 2 is 1.31 bits per heavy atom. The number of benzene rings is 2. The van der Waals surface area contributed by atoms with Gasteiger partial charge in [0.15, 0.2) is 0 Å². The van der Waals surface area contributed by atoms with Gasteiger partial charge in [0.2, 0.25) is 0 Å². The van der Waals surface area contributed by atoms with Crippen LogP contribution in [-0.2, 0) is 13.1 Å². The fraction of sp³-hybridized carbons (Fsp3) is 0.250. The highest BCUT2D eigenvalue weighted by Crippen LogP contribution is 2.33. The molecule has 0 fully saturated rings. The molecule has 0 aliphatic carbocycles. The number of carbonyl (C=O) groups is 2. The lowest BCUT2D eigenvalue weighted by Gasteiger charge is -2.17. The molecule has 0 atom stereocenters. The van der Waals surface area contributed by atoms with Crippen molar-refractivity contribution in [1.29, 1.82) is 0 Å². The Morgan fingerprint density at radius 3 is 1.81 bits per heavy atom. The summed E-state index contributed by atoms with van der Waals surface area (Å²) in [4.78, 5) is 39.4. The smallest absolute Gasteiger partial charge is 0.292 e. The average Bonchev–Trinajstić information content (AvgIpc) is 3.05. The van der Waals surface area contributed by atoms with Crippen molar-refractivity contribution in [3.05, 3.63) is 63.6 Å². The molecule has 1 aliphatic heterocycles. The highest BCUT2D eigenvalue weighted by atomic mass is 16.2. The number of imidazole rings is 1. The molecule has 0 saturated heterocycles. The normalized spacial score (nSPS) is 13.7. The minimum absolute atomic E-state index is 0.0797. The van der Waals surface area contributed by atoms with Crippen molar-refractivity contribution >= 4 is 28.5 Å². The Morgan fingerprint density at radius 1 is 0.808 bits per heavy atom. The Hall–Kier alpha value is -3.15. The van der Waals surface area contributed by atoms with Gasteiger partial charge < -0.3 is 0 Å². The topological polar surface area (TPSA) is 64.3 Å². The van der Waals surface area contributed by atoms with Crippen LogP contribution in [0.4, 0.5) is 5.69 Å². The fourth-order valence-corrected chi connectivity index (χ4v) is 3.71. The Bertz CT molecular complexity index is 1100. The fourth-order valence-electron chi connectivity index (χ4n) is 3.71. The predicted molar refractivity (Wildman–Crippen MR) is 99.9 cm³/mol. The predicted octanol–water partition coefficient (Wildman–Crippen LogP) is 2.95. The second kappa shape index (κ2) is 5.69. The lowest BCUT2D eigenvalue weighted by atomic mass is 10.1. The van der Waals surface area contributed by atoms with Crippen molar-refractivity contribution in [2.75, 3.05) is 4.90 Å². The number of amides is 2.